The van der Waals surface area contributed by atoms with E-state index in [4.69, 9.17) is 9.84 Å². The van der Waals surface area contributed by atoms with Crippen LogP contribution in [-0.2, 0) is 6.61 Å². The van der Waals surface area contributed by atoms with Crippen LogP contribution in [0.4, 0.5) is 0 Å². The minimum Gasteiger partial charge on any atom is -0.481 e. The molecule has 0 aliphatic heterocycles. The summed E-state index contributed by atoms with van der Waals surface area (Å²) >= 11 is 1.43. The van der Waals surface area contributed by atoms with Crippen molar-refractivity contribution in [3.63, 3.8) is 0 Å². The lowest BCUT2D eigenvalue weighted by atomic mass is 10.3. The predicted molar refractivity (Wildman–Crippen MR) is 57.8 cm³/mol. The van der Waals surface area contributed by atoms with Crippen LogP contribution >= 0.6 is 11.3 Å². The molecule has 2 aromatic heterocycles. The quantitative estimate of drug-likeness (QED) is 0.858. The van der Waals surface area contributed by atoms with Gasteiger partial charge in [0.15, 0.2) is 0 Å². The molecule has 1 N–H and O–H groups in total. The summed E-state index contributed by atoms with van der Waals surface area (Å²) in [5.74, 6) is 0.563. The summed E-state index contributed by atoms with van der Waals surface area (Å²) in [4.78, 5) is 9.25. The van der Waals surface area contributed by atoms with Crippen LogP contribution in [0.3, 0.4) is 0 Å². The molecule has 0 aliphatic carbocycles. The first kappa shape index (κ1) is 10.1. The van der Waals surface area contributed by atoms with Gasteiger partial charge in [-0.05, 0) is 6.07 Å². The van der Waals surface area contributed by atoms with Crippen molar-refractivity contribution >= 4 is 11.3 Å². The third-order valence-electron chi connectivity index (χ3n) is 1.86. The highest BCUT2D eigenvalue weighted by Gasteiger charge is 2.06. The molecule has 0 bridgehead atoms. The number of aliphatic hydroxyl groups is 1. The number of methoxy groups -OCH3 is 1. The Morgan fingerprint density at radius 3 is 3.00 bits per heavy atom. The van der Waals surface area contributed by atoms with Crippen LogP contribution in [0, 0.1) is 0 Å². The molecular formula is C10H10N2O2S. The first-order valence-corrected chi connectivity index (χ1v) is 5.22. The van der Waals surface area contributed by atoms with E-state index >= 15 is 0 Å². The molecule has 0 atom stereocenters. The maximum atomic E-state index is 8.92. The Balaban J connectivity index is 2.35. The maximum absolute atomic E-state index is 8.92. The fourth-order valence-electron chi connectivity index (χ4n) is 1.15. The maximum Gasteiger partial charge on any atom is 0.213 e. The number of thiazole rings is 1. The van der Waals surface area contributed by atoms with Gasteiger partial charge < -0.3 is 9.84 Å². The highest BCUT2D eigenvalue weighted by molar-refractivity contribution is 7.14. The lowest BCUT2D eigenvalue weighted by Crippen LogP contribution is -1.88. The highest BCUT2D eigenvalue weighted by atomic mass is 32.1. The van der Waals surface area contributed by atoms with Crippen LogP contribution in [0.15, 0.2) is 24.4 Å². The van der Waals surface area contributed by atoms with E-state index in [1.54, 1.807) is 19.4 Å². The standard InChI is InChI=1S/C10H10N2O2S/c1-14-9-4-2-3-8(12-9)10-11-5-7(6-13)15-10/h2-5,13H,6H2,1H3. The van der Waals surface area contributed by atoms with E-state index in [1.165, 1.54) is 11.3 Å². The second-order valence-corrected chi connectivity index (χ2v) is 3.97. The number of rotatable bonds is 3. The SMILES string of the molecule is COc1cccc(-c2ncc(CO)s2)n1. The Kier molecular flexibility index (Phi) is 2.94. The van der Waals surface area contributed by atoms with Crippen molar-refractivity contribution in [2.45, 2.75) is 6.61 Å². The molecule has 78 valence electrons. The highest BCUT2D eigenvalue weighted by Crippen LogP contribution is 2.24. The molecule has 0 spiro atoms. The number of nitrogens with zero attached hydrogens (tertiary/aromatic N) is 2. The predicted octanol–water partition coefficient (Wildman–Crippen LogP) is 1.71. The second kappa shape index (κ2) is 4.37. The van der Waals surface area contributed by atoms with Crippen LogP contribution in [0.2, 0.25) is 0 Å². The van der Waals surface area contributed by atoms with Gasteiger partial charge in [-0.25, -0.2) is 9.97 Å². The number of ether oxygens (including phenoxy) is 1. The number of hydrogen-bond donors (Lipinski definition) is 1. The summed E-state index contributed by atoms with van der Waals surface area (Å²) in [7, 11) is 1.58. The van der Waals surface area contributed by atoms with Crippen molar-refractivity contribution < 1.29 is 9.84 Å². The Morgan fingerprint density at radius 2 is 2.33 bits per heavy atom. The van der Waals surface area contributed by atoms with Gasteiger partial charge in [-0.1, -0.05) is 6.07 Å². The smallest absolute Gasteiger partial charge is 0.213 e. The first-order valence-electron chi connectivity index (χ1n) is 4.40. The van der Waals surface area contributed by atoms with E-state index < -0.39 is 0 Å². The monoisotopic (exact) mass is 222 g/mol. The summed E-state index contributed by atoms with van der Waals surface area (Å²) in [6.07, 6.45) is 1.65. The number of hydrogen-bond acceptors (Lipinski definition) is 5. The van der Waals surface area contributed by atoms with Gasteiger partial charge in [-0.15, -0.1) is 11.3 Å². The molecule has 5 heteroatoms. The van der Waals surface area contributed by atoms with Crippen LogP contribution in [0.25, 0.3) is 10.7 Å². The van der Waals surface area contributed by atoms with Gasteiger partial charge in [0, 0.05) is 12.3 Å². The van der Waals surface area contributed by atoms with E-state index in [9.17, 15) is 0 Å². The zero-order chi connectivity index (χ0) is 10.7. The second-order valence-electron chi connectivity index (χ2n) is 2.86. The zero-order valence-corrected chi connectivity index (χ0v) is 8.99. The van der Waals surface area contributed by atoms with E-state index in [1.807, 2.05) is 12.1 Å². The molecule has 15 heavy (non-hydrogen) atoms. The third kappa shape index (κ3) is 2.14. The Bertz CT molecular complexity index is 456. The van der Waals surface area contributed by atoms with Gasteiger partial charge in [-0.3, -0.25) is 0 Å². The molecule has 2 rings (SSSR count). The summed E-state index contributed by atoms with van der Waals surface area (Å²) in [5.41, 5.74) is 0.763. The van der Waals surface area contributed by atoms with E-state index in [0.717, 1.165) is 15.6 Å². The van der Waals surface area contributed by atoms with Crippen LogP contribution in [0.1, 0.15) is 4.88 Å². The van der Waals surface area contributed by atoms with Crippen molar-refractivity contribution in [3.8, 4) is 16.6 Å². The zero-order valence-electron chi connectivity index (χ0n) is 8.17. The van der Waals surface area contributed by atoms with Crippen molar-refractivity contribution in [2.24, 2.45) is 0 Å². The third-order valence-corrected chi connectivity index (χ3v) is 2.87. The lowest BCUT2D eigenvalue weighted by Gasteiger charge is -1.99. The van der Waals surface area contributed by atoms with E-state index in [-0.39, 0.29) is 6.61 Å². The van der Waals surface area contributed by atoms with Crippen LogP contribution in [0.5, 0.6) is 5.88 Å². The summed E-state index contributed by atoms with van der Waals surface area (Å²) in [6.45, 7) is 0.0155. The molecular weight excluding hydrogens is 212 g/mol. The fraction of sp³-hybridized carbons (Fsp3) is 0.200. The Hall–Kier alpha value is -1.46. The van der Waals surface area contributed by atoms with Crippen molar-refractivity contribution in [2.75, 3.05) is 7.11 Å². The first-order chi connectivity index (χ1) is 7.33. The minimum atomic E-state index is 0.0155. The summed E-state index contributed by atoms with van der Waals surface area (Å²) in [6, 6.07) is 5.51. The molecule has 0 aliphatic rings. The van der Waals surface area contributed by atoms with Crippen LogP contribution in [-0.4, -0.2) is 22.2 Å². The van der Waals surface area contributed by atoms with Crippen LogP contribution < -0.4 is 4.74 Å². The summed E-state index contributed by atoms with van der Waals surface area (Å²) < 4.78 is 5.03. The molecule has 2 aromatic rings. The molecule has 0 saturated heterocycles. The molecule has 2 heterocycles. The van der Waals surface area contributed by atoms with Crippen molar-refractivity contribution in [1.82, 2.24) is 9.97 Å². The molecule has 0 saturated carbocycles. The molecule has 0 fully saturated rings. The molecule has 0 radical (unpaired) electrons. The molecule has 0 unspecified atom stereocenters. The minimum absolute atomic E-state index is 0.0155. The average Bonchev–Trinajstić information content (AvgIpc) is 2.78. The van der Waals surface area contributed by atoms with Gasteiger partial charge >= 0.3 is 0 Å². The van der Waals surface area contributed by atoms with E-state index in [0.29, 0.717) is 5.88 Å². The number of pyridine rings is 1. The molecule has 0 amide bonds. The van der Waals surface area contributed by atoms with E-state index in [2.05, 4.69) is 9.97 Å². The van der Waals surface area contributed by atoms with Gasteiger partial charge in [0.1, 0.15) is 10.7 Å². The van der Waals surface area contributed by atoms with Gasteiger partial charge in [0.05, 0.1) is 18.6 Å². The van der Waals surface area contributed by atoms with Crippen molar-refractivity contribution in [1.29, 1.82) is 0 Å². The normalized spacial score (nSPS) is 10.3. The topological polar surface area (TPSA) is 55.2 Å². The summed E-state index contributed by atoms with van der Waals surface area (Å²) in [5, 5.41) is 9.71. The van der Waals surface area contributed by atoms with Gasteiger partial charge in [0.2, 0.25) is 5.88 Å². The van der Waals surface area contributed by atoms with Gasteiger partial charge in [-0.2, -0.15) is 0 Å². The average molecular weight is 222 g/mol. The number of aromatic nitrogens is 2. The molecule has 0 aromatic carbocycles. The van der Waals surface area contributed by atoms with Crippen molar-refractivity contribution in [3.05, 3.63) is 29.3 Å². The number of aliphatic hydroxyl groups excluding tert-OH is 1. The Labute approximate surface area is 91.2 Å². The fourth-order valence-corrected chi connectivity index (χ4v) is 1.89. The largest absolute Gasteiger partial charge is 0.481 e. The lowest BCUT2D eigenvalue weighted by molar-refractivity contribution is 0.285. The van der Waals surface area contributed by atoms with Gasteiger partial charge in [0.25, 0.3) is 0 Å². The Morgan fingerprint density at radius 1 is 1.47 bits per heavy atom. The molecule has 4 nitrogen and oxygen atoms in total.